The molecule has 2 rings (SSSR count). The summed E-state index contributed by atoms with van der Waals surface area (Å²) >= 11 is 6.17. The number of halogens is 1. The van der Waals surface area contributed by atoms with Crippen LogP contribution in [-0.4, -0.2) is 23.5 Å². The largest absolute Gasteiger partial charge is 0.493 e. The first-order valence-corrected chi connectivity index (χ1v) is 8.77. The molecule has 1 aromatic heterocycles. The Morgan fingerprint density at radius 1 is 1.24 bits per heavy atom. The van der Waals surface area contributed by atoms with Gasteiger partial charge in [-0.25, -0.2) is 4.68 Å². The van der Waals surface area contributed by atoms with Crippen LogP contribution < -0.4 is 20.3 Å². The lowest BCUT2D eigenvalue weighted by Gasteiger charge is -2.13. The maximum atomic E-state index is 12.1. The summed E-state index contributed by atoms with van der Waals surface area (Å²) in [5.74, 6) is 1.39. The van der Waals surface area contributed by atoms with Crippen LogP contribution in [0.3, 0.4) is 0 Å². The Labute approximate surface area is 152 Å². The van der Waals surface area contributed by atoms with Crippen molar-refractivity contribution in [3.05, 3.63) is 45.3 Å². The van der Waals surface area contributed by atoms with E-state index < -0.39 is 0 Å². The van der Waals surface area contributed by atoms with E-state index in [1.165, 1.54) is 4.68 Å². The first-order valence-electron chi connectivity index (χ1n) is 8.39. The van der Waals surface area contributed by atoms with Crippen molar-refractivity contribution in [1.29, 1.82) is 0 Å². The van der Waals surface area contributed by atoms with Crippen molar-refractivity contribution in [3.8, 4) is 11.5 Å². The molecule has 0 aliphatic carbocycles. The van der Waals surface area contributed by atoms with Crippen LogP contribution >= 0.6 is 11.6 Å². The highest BCUT2D eigenvalue weighted by molar-refractivity contribution is 6.32. The van der Waals surface area contributed by atoms with Crippen LogP contribution in [0.4, 0.5) is 5.69 Å². The number of aryl methyl sites for hydroxylation is 1. The average Bonchev–Trinajstić information content (AvgIpc) is 2.63. The van der Waals surface area contributed by atoms with Crippen molar-refractivity contribution < 1.29 is 9.47 Å². The summed E-state index contributed by atoms with van der Waals surface area (Å²) in [5.41, 5.74) is 1.22. The SMILES string of the molecule is CCCOc1cc(CNc2cnn(CCC)c(=O)c2Cl)ccc1OC. The Hall–Kier alpha value is -2.21. The minimum absolute atomic E-state index is 0.152. The van der Waals surface area contributed by atoms with Crippen LogP contribution in [0.2, 0.25) is 5.02 Å². The first kappa shape index (κ1) is 19.1. The van der Waals surface area contributed by atoms with Gasteiger partial charge in [-0.3, -0.25) is 4.79 Å². The van der Waals surface area contributed by atoms with Crippen molar-refractivity contribution in [2.75, 3.05) is 19.0 Å². The quantitative estimate of drug-likeness (QED) is 0.733. The van der Waals surface area contributed by atoms with Crippen LogP contribution in [-0.2, 0) is 13.1 Å². The molecule has 1 heterocycles. The molecule has 0 atom stereocenters. The van der Waals surface area contributed by atoms with Gasteiger partial charge in [0.05, 0.1) is 25.6 Å². The van der Waals surface area contributed by atoms with Gasteiger partial charge in [0.15, 0.2) is 11.5 Å². The van der Waals surface area contributed by atoms with E-state index >= 15 is 0 Å². The predicted octanol–water partition coefficient (Wildman–Crippen LogP) is 3.72. The second-order valence-corrected chi connectivity index (χ2v) is 5.97. The van der Waals surface area contributed by atoms with E-state index in [0.717, 1.165) is 18.4 Å². The molecule has 1 aromatic carbocycles. The minimum Gasteiger partial charge on any atom is -0.493 e. The number of methoxy groups -OCH3 is 1. The van der Waals surface area contributed by atoms with Crippen LogP contribution in [0, 0.1) is 0 Å². The van der Waals surface area contributed by atoms with E-state index in [9.17, 15) is 4.79 Å². The molecule has 2 aromatic rings. The topological polar surface area (TPSA) is 65.4 Å². The molecule has 7 heteroatoms. The summed E-state index contributed by atoms with van der Waals surface area (Å²) in [5, 5.41) is 7.45. The third-order valence-electron chi connectivity index (χ3n) is 3.59. The maximum absolute atomic E-state index is 12.1. The van der Waals surface area contributed by atoms with Crippen molar-refractivity contribution in [2.45, 2.75) is 39.8 Å². The van der Waals surface area contributed by atoms with Crippen molar-refractivity contribution in [2.24, 2.45) is 0 Å². The third kappa shape index (κ3) is 4.89. The Kier molecular flexibility index (Phi) is 7.13. The molecule has 0 aliphatic heterocycles. The van der Waals surface area contributed by atoms with Crippen LogP contribution in [0.15, 0.2) is 29.2 Å². The molecule has 0 aliphatic rings. The van der Waals surface area contributed by atoms with Crippen LogP contribution in [0.5, 0.6) is 11.5 Å². The second kappa shape index (κ2) is 9.32. The zero-order valence-electron chi connectivity index (χ0n) is 14.8. The fraction of sp³-hybridized carbons (Fsp3) is 0.444. The standard InChI is InChI=1S/C18H24ClN3O3/c1-4-8-22-18(23)17(19)14(12-21-22)20-11-13-6-7-15(24-3)16(10-13)25-9-5-2/h6-7,10,12,20H,4-5,8-9,11H2,1-3H3. The number of nitrogens with zero attached hydrogens (tertiary/aromatic N) is 2. The summed E-state index contributed by atoms with van der Waals surface area (Å²) in [6.45, 7) is 5.70. The van der Waals surface area contributed by atoms with Gasteiger partial charge in [0, 0.05) is 13.1 Å². The molecule has 6 nitrogen and oxygen atoms in total. The van der Waals surface area contributed by atoms with E-state index in [1.807, 2.05) is 32.0 Å². The van der Waals surface area contributed by atoms with Gasteiger partial charge in [-0.05, 0) is 30.5 Å². The Balaban J connectivity index is 2.13. The van der Waals surface area contributed by atoms with Crippen molar-refractivity contribution in [3.63, 3.8) is 0 Å². The molecule has 136 valence electrons. The highest BCUT2D eigenvalue weighted by Gasteiger charge is 2.10. The lowest BCUT2D eigenvalue weighted by molar-refractivity contribution is 0.294. The molecule has 0 saturated carbocycles. The van der Waals surface area contributed by atoms with Gasteiger partial charge < -0.3 is 14.8 Å². The highest BCUT2D eigenvalue weighted by atomic mass is 35.5. The van der Waals surface area contributed by atoms with Crippen molar-refractivity contribution >= 4 is 17.3 Å². The highest BCUT2D eigenvalue weighted by Crippen LogP contribution is 2.28. The van der Waals surface area contributed by atoms with Gasteiger partial charge in [0.2, 0.25) is 0 Å². The zero-order valence-corrected chi connectivity index (χ0v) is 15.6. The number of benzene rings is 1. The summed E-state index contributed by atoms with van der Waals surface area (Å²) in [4.78, 5) is 12.1. The number of anilines is 1. The van der Waals surface area contributed by atoms with Gasteiger partial charge in [-0.1, -0.05) is 31.5 Å². The zero-order chi connectivity index (χ0) is 18.2. The molecule has 0 saturated heterocycles. The maximum Gasteiger partial charge on any atom is 0.287 e. The molecule has 0 bridgehead atoms. The van der Waals surface area contributed by atoms with E-state index in [-0.39, 0.29) is 10.6 Å². The average molecular weight is 366 g/mol. The van der Waals surface area contributed by atoms with Crippen LogP contribution in [0.1, 0.15) is 32.3 Å². The van der Waals surface area contributed by atoms with E-state index in [4.69, 9.17) is 21.1 Å². The van der Waals surface area contributed by atoms with Crippen molar-refractivity contribution in [1.82, 2.24) is 9.78 Å². The van der Waals surface area contributed by atoms with Gasteiger partial charge in [0.25, 0.3) is 5.56 Å². The van der Waals surface area contributed by atoms with E-state index in [0.29, 0.717) is 36.9 Å². The van der Waals surface area contributed by atoms with E-state index in [1.54, 1.807) is 13.3 Å². The Bertz CT molecular complexity index is 762. The van der Waals surface area contributed by atoms with Gasteiger partial charge in [0.1, 0.15) is 5.02 Å². The Morgan fingerprint density at radius 3 is 2.72 bits per heavy atom. The Morgan fingerprint density at radius 2 is 2.04 bits per heavy atom. The predicted molar refractivity (Wildman–Crippen MR) is 99.9 cm³/mol. The third-order valence-corrected chi connectivity index (χ3v) is 3.96. The smallest absolute Gasteiger partial charge is 0.287 e. The van der Waals surface area contributed by atoms with Crippen LogP contribution in [0.25, 0.3) is 0 Å². The second-order valence-electron chi connectivity index (χ2n) is 5.59. The molecule has 25 heavy (non-hydrogen) atoms. The number of aromatic nitrogens is 2. The van der Waals surface area contributed by atoms with Gasteiger partial charge in [-0.2, -0.15) is 5.10 Å². The fourth-order valence-corrected chi connectivity index (χ4v) is 2.53. The molecular weight excluding hydrogens is 342 g/mol. The summed E-state index contributed by atoms with van der Waals surface area (Å²) in [6.07, 6.45) is 3.32. The molecule has 0 radical (unpaired) electrons. The fourth-order valence-electron chi connectivity index (χ4n) is 2.31. The van der Waals surface area contributed by atoms with Gasteiger partial charge >= 0.3 is 0 Å². The molecule has 0 spiro atoms. The number of hydrogen-bond acceptors (Lipinski definition) is 5. The van der Waals surface area contributed by atoms with Gasteiger partial charge in [-0.15, -0.1) is 0 Å². The lowest BCUT2D eigenvalue weighted by atomic mass is 10.2. The first-order chi connectivity index (χ1) is 12.1. The van der Waals surface area contributed by atoms with E-state index in [2.05, 4.69) is 10.4 Å². The molecule has 1 N–H and O–H groups in total. The number of hydrogen-bond donors (Lipinski definition) is 1. The molecule has 0 fully saturated rings. The molecule has 0 amide bonds. The number of rotatable bonds is 9. The normalized spacial score (nSPS) is 10.6. The summed E-state index contributed by atoms with van der Waals surface area (Å²) < 4.78 is 12.4. The molecular formula is C18H24ClN3O3. The molecule has 0 unspecified atom stereocenters. The monoisotopic (exact) mass is 365 g/mol. The number of nitrogens with one attached hydrogen (secondary N) is 1. The number of ether oxygens (including phenoxy) is 2. The summed E-state index contributed by atoms with van der Waals surface area (Å²) in [7, 11) is 1.61. The lowest BCUT2D eigenvalue weighted by Crippen LogP contribution is -2.24. The minimum atomic E-state index is -0.282. The summed E-state index contributed by atoms with van der Waals surface area (Å²) in [6, 6.07) is 5.71.